The van der Waals surface area contributed by atoms with E-state index in [4.69, 9.17) is 9.84 Å². The van der Waals surface area contributed by atoms with Gasteiger partial charge in [-0.25, -0.2) is 4.39 Å². The Kier molecular flexibility index (Phi) is 2.86. The third kappa shape index (κ3) is 2.55. The highest BCUT2D eigenvalue weighted by atomic mass is 19.1. The molecule has 3 heteroatoms. The van der Waals surface area contributed by atoms with E-state index >= 15 is 0 Å². The Labute approximate surface area is 64.2 Å². The van der Waals surface area contributed by atoms with Crippen LogP contribution in [0.3, 0.4) is 0 Å². The van der Waals surface area contributed by atoms with Crippen LogP contribution in [0.2, 0.25) is 0 Å². The van der Waals surface area contributed by atoms with E-state index < -0.39 is 0 Å². The number of aliphatic hydroxyl groups excluding tert-OH is 1. The molecule has 0 aliphatic heterocycles. The minimum atomic E-state index is -0.388. The zero-order valence-corrected chi connectivity index (χ0v) is 5.88. The van der Waals surface area contributed by atoms with E-state index in [1.54, 1.807) is 0 Å². The van der Waals surface area contributed by atoms with Gasteiger partial charge in [-0.2, -0.15) is 0 Å². The van der Waals surface area contributed by atoms with Crippen molar-refractivity contribution < 1.29 is 14.2 Å². The topological polar surface area (TPSA) is 29.5 Å². The number of aliphatic hydroxyl groups is 1. The molecule has 0 fully saturated rings. The van der Waals surface area contributed by atoms with Crippen LogP contribution in [0.5, 0.6) is 5.75 Å². The lowest BCUT2D eigenvalue weighted by atomic mass is 10.3. The summed E-state index contributed by atoms with van der Waals surface area (Å²) < 4.78 is 17.3. The average molecular weight is 155 g/mol. The van der Waals surface area contributed by atoms with Crippen molar-refractivity contribution in [2.75, 3.05) is 13.2 Å². The average Bonchev–Trinajstić information content (AvgIpc) is 2.01. The van der Waals surface area contributed by atoms with Crippen LogP contribution in [-0.4, -0.2) is 18.3 Å². The van der Waals surface area contributed by atoms with Crippen LogP contribution in [-0.2, 0) is 0 Å². The van der Waals surface area contributed by atoms with Crippen molar-refractivity contribution in [1.29, 1.82) is 0 Å². The van der Waals surface area contributed by atoms with Gasteiger partial charge in [-0.1, -0.05) is 0 Å². The van der Waals surface area contributed by atoms with Gasteiger partial charge in [0.05, 0.1) is 6.61 Å². The number of hydrogen-bond acceptors (Lipinski definition) is 2. The van der Waals surface area contributed by atoms with Crippen molar-refractivity contribution in [3.8, 4) is 5.75 Å². The molecule has 0 unspecified atom stereocenters. The molecular weight excluding hydrogens is 147 g/mol. The van der Waals surface area contributed by atoms with E-state index in [1.807, 2.05) is 0 Å². The molecule has 0 aliphatic carbocycles. The van der Waals surface area contributed by atoms with Gasteiger partial charge in [-0.3, -0.25) is 0 Å². The van der Waals surface area contributed by atoms with E-state index in [0.717, 1.165) is 0 Å². The summed E-state index contributed by atoms with van der Waals surface area (Å²) in [5.74, 6) is -0.000472. The van der Waals surface area contributed by atoms with Crippen molar-refractivity contribution in [3.05, 3.63) is 30.1 Å². The number of benzene rings is 1. The second kappa shape index (κ2) is 3.93. The number of ether oxygens (including phenoxy) is 1. The zero-order valence-electron chi connectivity index (χ0n) is 5.88. The summed E-state index contributed by atoms with van der Waals surface area (Å²) in [4.78, 5) is 0. The van der Waals surface area contributed by atoms with Gasteiger partial charge in [0.25, 0.3) is 0 Å². The van der Waals surface area contributed by atoms with Gasteiger partial charge >= 0.3 is 0 Å². The first-order valence-electron chi connectivity index (χ1n) is 3.23. The van der Waals surface area contributed by atoms with Gasteiger partial charge in [0, 0.05) is 6.07 Å². The molecule has 0 heterocycles. The molecule has 11 heavy (non-hydrogen) atoms. The van der Waals surface area contributed by atoms with Crippen LogP contribution in [0.1, 0.15) is 0 Å². The fourth-order valence-corrected chi connectivity index (χ4v) is 0.669. The normalized spacial score (nSPS) is 9.64. The molecule has 0 bridgehead atoms. The van der Waals surface area contributed by atoms with Gasteiger partial charge in [-0.15, -0.1) is 0 Å². The molecule has 59 valence electrons. The fourth-order valence-electron chi connectivity index (χ4n) is 0.669. The molecule has 0 spiro atoms. The van der Waals surface area contributed by atoms with Crippen LogP contribution in [0.15, 0.2) is 18.2 Å². The Morgan fingerprint density at radius 3 is 3.00 bits per heavy atom. The molecule has 1 aromatic rings. The van der Waals surface area contributed by atoms with Gasteiger partial charge in [0.1, 0.15) is 18.2 Å². The third-order valence-corrected chi connectivity index (χ3v) is 1.09. The molecule has 2 nitrogen and oxygen atoms in total. The highest BCUT2D eigenvalue weighted by Crippen LogP contribution is 2.10. The van der Waals surface area contributed by atoms with E-state index in [9.17, 15) is 4.39 Å². The Morgan fingerprint density at radius 1 is 1.55 bits per heavy atom. The molecule has 0 atom stereocenters. The highest BCUT2D eigenvalue weighted by Gasteiger charge is 1.93. The lowest BCUT2D eigenvalue weighted by Crippen LogP contribution is -2.01. The van der Waals surface area contributed by atoms with Gasteiger partial charge in [0.2, 0.25) is 0 Å². The number of rotatable bonds is 3. The standard InChI is InChI=1S/C8H8FO2/c9-7-2-1-3-8(6-7)11-5-4-10/h2-3,6,10H,4-5H2. The summed E-state index contributed by atoms with van der Waals surface area (Å²) in [5, 5.41) is 8.37. The number of halogens is 1. The van der Waals surface area contributed by atoms with Crippen molar-refractivity contribution >= 4 is 0 Å². The summed E-state index contributed by atoms with van der Waals surface area (Å²) in [5.41, 5.74) is 0. The molecule has 0 saturated carbocycles. The van der Waals surface area contributed by atoms with E-state index in [1.165, 1.54) is 18.2 Å². The van der Waals surface area contributed by atoms with Gasteiger partial charge in [-0.05, 0) is 18.2 Å². The lowest BCUT2D eigenvalue weighted by molar-refractivity contribution is 0.201. The summed E-state index contributed by atoms with van der Waals surface area (Å²) in [6, 6.07) is 6.53. The Hall–Kier alpha value is -1.09. The predicted octanol–water partition coefficient (Wildman–Crippen LogP) is 0.997. The first kappa shape index (κ1) is 8.01. The van der Waals surface area contributed by atoms with E-state index in [-0.39, 0.29) is 19.0 Å². The predicted molar refractivity (Wildman–Crippen MR) is 37.8 cm³/mol. The van der Waals surface area contributed by atoms with Crippen molar-refractivity contribution in [1.82, 2.24) is 0 Å². The smallest absolute Gasteiger partial charge is 0.127 e. The van der Waals surface area contributed by atoms with Crippen LogP contribution in [0.25, 0.3) is 0 Å². The van der Waals surface area contributed by atoms with Gasteiger partial charge in [0.15, 0.2) is 0 Å². The Morgan fingerprint density at radius 2 is 2.36 bits per heavy atom. The summed E-state index contributed by atoms with van der Waals surface area (Å²) >= 11 is 0. The maximum atomic E-state index is 12.4. The van der Waals surface area contributed by atoms with Crippen molar-refractivity contribution in [2.24, 2.45) is 0 Å². The SMILES string of the molecule is OCCOc1c[c]cc(F)c1. The van der Waals surface area contributed by atoms with E-state index in [2.05, 4.69) is 6.07 Å². The molecule has 1 N–H and O–H groups in total. The molecule has 0 aliphatic rings. The minimum absolute atomic E-state index is 0.0729. The first-order valence-corrected chi connectivity index (χ1v) is 3.23. The highest BCUT2D eigenvalue weighted by molar-refractivity contribution is 5.21. The maximum Gasteiger partial charge on any atom is 0.127 e. The molecular formula is C8H8FO2. The maximum absolute atomic E-state index is 12.4. The monoisotopic (exact) mass is 155 g/mol. The van der Waals surface area contributed by atoms with Crippen molar-refractivity contribution in [3.63, 3.8) is 0 Å². The molecule has 0 amide bonds. The Bertz CT molecular complexity index is 225. The number of hydrogen-bond donors (Lipinski definition) is 1. The first-order chi connectivity index (χ1) is 5.33. The second-order valence-electron chi connectivity index (χ2n) is 1.96. The van der Waals surface area contributed by atoms with E-state index in [0.29, 0.717) is 5.75 Å². The summed E-state index contributed by atoms with van der Waals surface area (Å²) in [6.45, 7) is 0.105. The molecule has 1 radical (unpaired) electrons. The lowest BCUT2D eigenvalue weighted by Gasteiger charge is -2.02. The quantitative estimate of drug-likeness (QED) is 0.705. The summed E-state index contributed by atoms with van der Waals surface area (Å²) in [6.07, 6.45) is 0. The Balaban J connectivity index is 2.56. The molecule has 1 rings (SSSR count). The summed E-state index contributed by atoms with van der Waals surface area (Å²) in [7, 11) is 0. The molecule has 0 saturated heterocycles. The fraction of sp³-hybridized carbons (Fsp3) is 0.250. The largest absolute Gasteiger partial charge is 0.491 e. The second-order valence-corrected chi connectivity index (χ2v) is 1.96. The van der Waals surface area contributed by atoms with Crippen LogP contribution in [0.4, 0.5) is 4.39 Å². The minimum Gasteiger partial charge on any atom is -0.491 e. The zero-order chi connectivity index (χ0) is 8.10. The van der Waals surface area contributed by atoms with Crippen LogP contribution < -0.4 is 4.74 Å². The molecule has 0 aromatic heterocycles. The van der Waals surface area contributed by atoms with Crippen LogP contribution in [0, 0.1) is 11.9 Å². The van der Waals surface area contributed by atoms with Crippen molar-refractivity contribution in [2.45, 2.75) is 0 Å². The van der Waals surface area contributed by atoms with Gasteiger partial charge < -0.3 is 9.84 Å². The third-order valence-electron chi connectivity index (χ3n) is 1.09. The molecule has 1 aromatic carbocycles. The van der Waals surface area contributed by atoms with Crippen LogP contribution >= 0.6 is 0 Å².